The third kappa shape index (κ3) is 3.28. The van der Waals surface area contributed by atoms with E-state index in [4.69, 9.17) is 14.0 Å². The molecule has 1 aromatic heterocycles. The minimum Gasteiger partial charge on any atom is -0.485 e. The van der Waals surface area contributed by atoms with Crippen molar-refractivity contribution in [3.8, 4) is 5.75 Å². The Bertz CT molecular complexity index is 796. The van der Waals surface area contributed by atoms with Crippen LogP contribution in [0.25, 0.3) is 0 Å². The Morgan fingerprint density at radius 3 is 2.32 bits per heavy atom. The Labute approximate surface area is 146 Å². The molecule has 0 radical (unpaired) electrons. The Kier molecular flexibility index (Phi) is 4.48. The molecule has 5 nitrogen and oxygen atoms in total. The number of benzene rings is 2. The Morgan fingerprint density at radius 1 is 0.920 bits per heavy atom. The largest absolute Gasteiger partial charge is 0.485 e. The molecule has 0 saturated carbocycles. The summed E-state index contributed by atoms with van der Waals surface area (Å²) in [5.74, 6) is 1.99. The molecule has 1 saturated heterocycles. The maximum absolute atomic E-state index is 5.72. The van der Waals surface area contributed by atoms with E-state index in [-0.39, 0.29) is 12.0 Å². The van der Waals surface area contributed by atoms with Crippen LogP contribution in [0, 0.1) is 0 Å². The zero-order valence-electron chi connectivity index (χ0n) is 13.9. The molecule has 128 valence electrons. The van der Waals surface area contributed by atoms with Crippen molar-refractivity contribution in [2.45, 2.75) is 24.9 Å². The molecule has 0 spiro atoms. The molecule has 2 aromatic carbocycles. The van der Waals surface area contributed by atoms with E-state index < -0.39 is 0 Å². The summed E-state index contributed by atoms with van der Waals surface area (Å²) in [6.07, 6.45) is 1.66. The van der Waals surface area contributed by atoms with Gasteiger partial charge in [-0.25, -0.2) is 0 Å². The summed E-state index contributed by atoms with van der Waals surface area (Å²) in [6.45, 7) is 1.66. The number of nitrogens with zero attached hydrogens (tertiary/aromatic N) is 2. The summed E-state index contributed by atoms with van der Waals surface area (Å²) in [6, 6.07) is 20.0. The van der Waals surface area contributed by atoms with Gasteiger partial charge >= 0.3 is 0 Å². The van der Waals surface area contributed by atoms with Crippen molar-refractivity contribution in [3.63, 3.8) is 0 Å². The van der Waals surface area contributed by atoms with E-state index in [1.54, 1.807) is 0 Å². The number of ether oxygens (including phenoxy) is 2. The predicted octanol–water partition coefficient (Wildman–Crippen LogP) is 3.75. The number of rotatable bonds is 5. The molecule has 0 N–H and O–H groups in total. The first-order valence-electron chi connectivity index (χ1n) is 8.51. The van der Waals surface area contributed by atoms with Crippen molar-refractivity contribution >= 4 is 0 Å². The standard InChI is InChI=1S/C20H20N2O3/c1-3-7-16(8-4-1)20(11-13-23-14-12-20)19-21-18(22-25-19)15-24-17-9-5-2-6-10-17/h1-10H,11-15H2. The lowest BCUT2D eigenvalue weighted by atomic mass is 9.74. The van der Waals surface area contributed by atoms with Crippen LogP contribution in [-0.2, 0) is 16.8 Å². The molecule has 25 heavy (non-hydrogen) atoms. The van der Waals surface area contributed by atoms with E-state index in [2.05, 4.69) is 22.3 Å². The van der Waals surface area contributed by atoms with E-state index in [0.29, 0.717) is 24.9 Å². The van der Waals surface area contributed by atoms with Gasteiger partial charge in [0, 0.05) is 13.2 Å². The Balaban J connectivity index is 1.58. The molecule has 4 rings (SSSR count). The van der Waals surface area contributed by atoms with Gasteiger partial charge in [0.25, 0.3) is 0 Å². The first-order chi connectivity index (χ1) is 12.4. The minimum absolute atomic E-state index is 0.280. The van der Waals surface area contributed by atoms with Crippen molar-refractivity contribution in [2.24, 2.45) is 0 Å². The van der Waals surface area contributed by atoms with E-state index in [1.807, 2.05) is 48.5 Å². The number of para-hydroxylation sites is 1. The van der Waals surface area contributed by atoms with Crippen molar-refractivity contribution in [3.05, 3.63) is 77.9 Å². The van der Waals surface area contributed by atoms with E-state index in [1.165, 1.54) is 5.56 Å². The maximum Gasteiger partial charge on any atom is 0.237 e. The first-order valence-corrected chi connectivity index (χ1v) is 8.51. The SMILES string of the molecule is c1ccc(OCc2noc(C3(c4ccccc4)CCOCC3)n2)cc1. The topological polar surface area (TPSA) is 57.4 Å². The van der Waals surface area contributed by atoms with Crippen LogP contribution in [0.1, 0.15) is 30.1 Å². The quantitative estimate of drug-likeness (QED) is 0.710. The third-order valence-corrected chi connectivity index (χ3v) is 4.66. The van der Waals surface area contributed by atoms with Crippen LogP contribution in [0.4, 0.5) is 0 Å². The minimum atomic E-state index is -0.280. The van der Waals surface area contributed by atoms with Gasteiger partial charge in [-0.05, 0) is 30.5 Å². The summed E-state index contributed by atoms with van der Waals surface area (Å²) in [4.78, 5) is 4.64. The van der Waals surface area contributed by atoms with Crippen molar-refractivity contribution < 1.29 is 14.0 Å². The zero-order chi connectivity index (χ0) is 17.0. The van der Waals surface area contributed by atoms with Gasteiger partial charge in [0.05, 0.1) is 5.41 Å². The molecule has 0 aliphatic carbocycles. The molecule has 5 heteroatoms. The molecule has 0 bridgehead atoms. The zero-order valence-corrected chi connectivity index (χ0v) is 13.9. The average Bonchev–Trinajstić information content (AvgIpc) is 3.18. The fourth-order valence-corrected chi connectivity index (χ4v) is 3.27. The summed E-state index contributed by atoms with van der Waals surface area (Å²) < 4.78 is 16.9. The van der Waals surface area contributed by atoms with Gasteiger partial charge in [-0.3, -0.25) is 0 Å². The summed E-state index contributed by atoms with van der Waals surface area (Å²) in [7, 11) is 0. The predicted molar refractivity (Wildman–Crippen MR) is 92.3 cm³/mol. The van der Waals surface area contributed by atoms with Gasteiger partial charge < -0.3 is 14.0 Å². The smallest absolute Gasteiger partial charge is 0.237 e. The third-order valence-electron chi connectivity index (χ3n) is 4.66. The fraction of sp³-hybridized carbons (Fsp3) is 0.300. The molecule has 2 heterocycles. The summed E-state index contributed by atoms with van der Waals surface area (Å²) >= 11 is 0. The normalized spacial score (nSPS) is 16.5. The second-order valence-corrected chi connectivity index (χ2v) is 6.18. The molecule has 0 unspecified atom stereocenters. The number of hydrogen-bond acceptors (Lipinski definition) is 5. The van der Waals surface area contributed by atoms with E-state index in [0.717, 1.165) is 18.6 Å². The van der Waals surface area contributed by atoms with E-state index in [9.17, 15) is 0 Å². The lowest BCUT2D eigenvalue weighted by Crippen LogP contribution is -2.35. The van der Waals surface area contributed by atoms with Crippen molar-refractivity contribution in [1.82, 2.24) is 10.1 Å². The van der Waals surface area contributed by atoms with Crippen LogP contribution in [0.5, 0.6) is 5.75 Å². The van der Waals surface area contributed by atoms with Crippen molar-refractivity contribution in [2.75, 3.05) is 13.2 Å². The molecular weight excluding hydrogens is 316 g/mol. The van der Waals surface area contributed by atoms with Crippen LogP contribution in [0.2, 0.25) is 0 Å². The molecule has 3 aromatic rings. The second kappa shape index (κ2) is 7.07. The van der Waals surface area contributed by atoms with Gasteiger partial charge in [-0.2, -0.15) is 4.98 Å². The average molecular weight is 336 g/mol. The Hall–Kier alpha value is -2.66. The number of hydrogen-bond donors (Lipinski definition) is 0. The van der Waals surface area contributed by atoms with E-state index >= 15 is 0 Å². The van der Waals surface area contributed by atoms with Gasteiger partial charge in [-0.1, -0.05) is 53.7 Å². The fourth-order valence-electron chi connectivity index (χ4n) is 3.27. The second-order valence-electron chi connectivity index (χ2n) is 6.18. The molecule has 1 aliphatic rings. The molecule has 0 atom stereocenters. The maximum atomic E-state index is 5.72. The molecular formula is C20H20N2O3. The monoisotopic (exact) mass is 336 g/mol. The van der Waals surface area contributed by atoms with Crippen LogP contribution >= 0.6 is 0 Å². The van der Waals surface area contributed by atoms with Crippen LogP contribution in [0.15, 0.2) is 65.2 Å². The highest BCUT2D eigenvalue weighted by Crippen LogP contribution is 2.40. The van der Waals surface area contributed by atoms with Crippen LogP contribution in [0.3, 0.4) is 0 Å². The number of aromatic nitrogens is 2. The van der Waals surface area contributed by atoms with Crippen LogP contribution < -0.4 is 4.74 Å². The van der Waals surface area contributed by atoms with Crippen LogP contribution in [-0.4, -0.2) is 23.4 Å². The summed E-state index contributed by atoms with van der Waals surface area (Å²) in [5.41, 5.74) is 0.912. The van der Waals surface area contributed by atoms with Gasteiger partial charge in [-0.15, -0.1) is 0 Å². The summed E-state index contributed by atoms with van der Waals surface area (Å²) in [5, 5.41) is 4.13. The van der Waals surface area contributed by atoms with Gasteiger partial charge in [0.2, 0.25) is 11.7 Å². The Morgan fingerprint density at radius 2 is 1.60 bits per heavy atom. The van der Waals surface area contributed by atoms with Crippen molar-refractivity contribution in [1.29, 1.82) is 0 Å². The lowest BCUT2D eigenvalue weighted by Gasteiger charge is -2.34. The molecule has 1 fully saturated rings. The van der Waals surface area contributed by atoms with Gasteiger partial charge in [0.15, 0.2) is 6.61 Å². The molecule has 0 amide bonds. The highest BCUT2D eigenvalue weighted by Gasteiger charge is 2.41. The van der Waals surface area contributed by atoms with Gasteiger partial charge in [0.1, 0.15) is 5.75 Å². The highest BCUT2D eigenvalue weighted by molar-refractivity contribution is 5.32. The first kappa shape index (κ1) is 15.8. The molecule has 1 aliphatic heterocycles. The highest BCUT2D eigenvalue weighted by atomic mass is 16.5. The lowest BCUT2D eigenvalue weighted by molar-refractivity contribution is 0.0523.